The standard InChI is InChI=1S/C43H30/c1-43(2)40-14-7-6-11-34(40)35-22-20-31(26-41(35)43)28-15-17-29(18-16-28)32-23-24-38-33-21-19-30(27-9-4-3-5-10-27)25-39(33)37-13-8-12-36(32)42(37)38/h3-26H,1-2H3. The Hall–Kier alpha value is -5.20. The van der Waals surface area contributed by atoms with Gasteiger partial charge in [0.05, 0.1) is 0 Å². The van der Waals surface area contributed by atoms with Crippen molar-refractivity contribution in [2.75, 3.05) is 0 Å². The van der Waals surface area contributed by atoms with Crippen molar-refractivity contribution < 1.29 is 0 Å². The van der Waals surface area contributed by atoms with Crippen LogP contribution in [0.5, 0.6) is 0 Å². The molecular weight excluding hydrogens is 516 g/mol. The van der Waals surface area contributed by atoms with Crippen molar-refractivity contribution in [3.05, 3.63) is 157 Å². The summed E-state index contributed by atoms with van der Waals surface area (Å²) in [5, 5.41) is 2.68. The average Bonchev–Trinajstić information content (AvgIpc) is 3.51. The van der Waals surface area contributed by atoms with E-state index < -0.39 is 0 Å². The first-order chi connectivity index (χ1) is 21.1. The molecule has 0 aromatic heterocycles. The number of hydrogen-bond donors (Lipinski definition) is 0. The van der Waals surface area contributed by atoms with Gasteiger partial charge in [0.1, 0.15) is 0 Å². The lowest BCUT2D eigenvalue weighted by Crippen LogP contribution is -2.14. The third-order valence-corrected chi connectivity index (χ3v) is 9.86. The first-order valence-electron chi connectivity index (χ1n) is 15.2. The van der Waals surface area contributed by atoms with Gasteiger partial charge >= 0.3 is 0 Å². The number of hydrogen-bond acceptors (Lipinski definition) is 0. The van der Waals surface area contributed by atoms with Crippen molar-refractivity contribution >= 4 is 10.8 Å². The Bertz CT molecular complexity index is 2230. The van der Waals surface area contributed by atoms with Crippen molar-refractivity contribution in [2.45, 2.75) is 19.3 Å². The van der Waals surface area contributed by atoms with Crippen molar-refractivity contribution in [1.82, 2.24) is 0 Å². The van der Waals surface area contributed by atoms with Gasteiger partial charge in [-0.1, -0.05) is 147 Å². The number of rotatable bonds is 3. The monoisotopic (exact) mass is 546 g/mol. The molecule has 0 aliphatic heterocycles. The molecule has 0 unspecified atom stereocenters. The van der Waals surface area contributed by atoms with Crippen LogP contribution in [0.2, 0.25) is 0 Å². The van der Waals surface area contributed by atoms with Gasteiger partial charge in [0.25, 0.3) is 0 Å². The smallest absolute Gasteiger partial charge is 0.0159 e. The zero-order valence-electron chi connectivity index (χ0n) is 24.4. The lowest BCUT2D eigenvalue weighted by molar-refractivity contribution is 0.660. The van der Waals surface area contributed by atoms with Crippen molar-refractivity contribution in [3.8, 4) is 66.8 Å². The largest absolute Gasteiger partial charge is 0.0622 e. The molecule has 0 saturated carbocycles. The first-order valence-corrected chi connectivity index (χ1v) is 15.2. The number of benzene rings is 7. The van der Waals surface area contributed by atoms with Gasteiger partial charge in [0.2, 0.25) is 0 Å². The SMILES string of the molecule is CC1(C)c2ccccc2-c2ccc(-c3ccc(-c4ccc5c6c(cccc46)-c4cc(-c6ccccc6)ccc4-5)cc3)cc21. The summed E-state index contributed by atoms with van der Waals surface area (Å²) in [5.41, 5.74) is 18.5. The second kappa shape index (κ2) is 8.90. The molecule has 2 aliphatic rings. The van der Waals surface area contributed by atoms with Gasteiger partial charge in [-0.25, -0.2) is 0 Å². The highest BCUT2D eigenvalue weighted by atomic mass is 14.4. The van der Waals surface area contributed by atoms with Crippen molar-refractivity contribution in [2.24, 2.45) is 0 Å². The predicted octanol–water partition coefficient (Wildman–Crippen LogP) is 11.8. The Labute approximate surface area is 252 Å². The lowest BCUT2D eigenvalue weighted by Gasteiger charge is -2.22. The zero-order chi connectivity index (χ0) is 28.7. The third-order valence-electron chi connectivity index (χ3n) is 9.86. The van der Waals surface area contributed by atoms with Crippen LogP contribution in [0.1, 0.15) is 25.0 Å². The van der Waals surface area contributed by atoms with Gasteiger partial charge in [-0.05, 0) is 101 Å². The Morgan fingerprint density at radius 2 is 0.884 bits per heavy atom. The second-order valence-electron chi connectivity index (χ2n) is 12.5. The van der Waals surface area contributed by atoms with Crippen LogP contribution < -0.4 is 0 Å². The first kappa shape index (κ1) is 24.4. The Kier molecular flexibility index (Phi) is 5.05. The van der Waals surface area contributed by atoms with Gasteiger partial charge in [-0.2, -0.15) is 0 Å². The highest BCUT2D eigenvalue weighted by Gasteiger charge is 2.35. The molecule has 0 atom stereocenters. The molecule has 9 rings (SSSR count). The molecule has 202 valence electrons. The fourth-order valence-electron chi connectivity index (χ4n) is 7.65. The number of fused-ring (bicyclic) bond motifs is 6. The summed E-state index contributed by atoms with van der Waals surface area (Å²) in [6.07, 6.45) is 0. The molecule has 0 radical (unpaired) electrons. The van der Waals surface area contributed by atoms with E-state index in [4.69, 9.17) is 0 Å². The second-order valence-corrected chi connectivity index (χ2v) is 12.5. The molecular formula is C43H30. The van der Waals surface area contributed by atoms with Crippen molar-refractivity contribution in [3.63, 3.8) is 0 Å². The van der Waals surface area contributed by atoms with Crippen LogP contribution in [-0.2, 0) is 5.41 Å². The third kappa shape index (κ3) is 3.50. The zero-order valence-corrected chi connectivity index (χ0v) is 24.4. The lowest BCUT2D eigenvalue weighted by atomic mass is 9.81. The van der Waals surface area contributed by atoms with Crippen LogP contribution in [-0.4, -0.2) is 0 Å². The molecule has 0 heterocycles. The molecule has 7 aromatic carbocycles. The quantitative estimate of drug-likeness (QED) is 0.207. The van der Waals surface area contributed by atoms with E-state index in [-0.39, 0.29) is 5.41 Å². The van der Waals surface area contributed by atoms with E-state index in [0.717, 1.165) is 0 Å². The van der Waals surface area contributed by atoms with Gasteiger partial charge in [-0.15, -0.1) is 0 Å². The fraction of sp³-hybridized carbons (Fsp3) is 0.0698. The van der Waals surface area contributed by atoms with E-state index in [1.54, 1.807) is 0 Å². The summed E-state index contributed by atoms with van der Waals surface area (Å²) in [4.78, 5) is 0. The average molecular weight is 547 g/mol. The van der Waals surface area contributed by atoms with E-state index in [9.17, 15) is 0 Å². The van der Waals surface area contributed by atoms with Gasteiger partial charge < -0.3 is 0 Å². The molecule has 0 saturated heterocycles. The van der Waals surface area contributed by atoms with Crippen LogP contribution in [0, 0.1) is 0 Å². The maximum absolute atomic E-state index is 2.41. The van der Waals surface area contributed by atoms with Gasteiger partial charge in [0, 0.05) is 5.41 Å². The summed E-state index contributed by atoms with van der Waals surface area (Å²) in [5.74, 6) is 0. The Balaban J connectivity index is 1.10. The minimum atomic E-state index is 0.00591. The van der Waals surface area contributed by atoms with E-state index in [2.05, 4.69) is 159 Å². The van der Waals surface area contributed by atoms with Crippen LogP contribution in [0.3, 0.4) is 0 Å². The molecule has 0 heteroatoms. The highest BCUT2D eigenvalue weighted by Crippen LogP contribution is 2.51. The highest BCUT2D eigenvalue weighted by molar-refractivity contribution is 6.19. The van der Waals surface area contributed by atoms with E-state index in [1.165, 1.54) is 88.7 Å². The molecule has 0 bridgehead atoms. The van der Waals surface area contributed by atoms with Crippen LogP contribution in [0.4, 0.5) is 0 Å². The summed E-state index contributed by atoms with van der Waals surface area (Å²) < 4.78 is 0. The van der Waals surface area contributed by atoms with Gasteiger partial charge in [0.15, 0.2) is 0 Å². The summed E-state index contributed by atoms with van der Waals surface area (Å²) >= 11 is 0. The summed E-state index contributed by atoms with van der Waals surface area (Å²) in [6, 6.07) is 54.0. The predicted molar refractivity (Wildman–Crippen MR) is 182 cm³/mol. The maximum Gasteiger partial charge on any atom is 0.0159 e. The minimum absolute atomic E-state index is 0.00591. The molecule has 2 aliphatic carbocycles. The molecule has 0 fully saturated rings. The summed E-state index contributed by atoms with van der Waals surface area (Å²) in [7, 11) is 0. The molecule has 0 nitrogen and oxygen atoms in total. The van der Waals surface area contributed by atoms with Crippen LogP contribution >= 0.6 is 0 Å². The maximum atomic E-state index is 2.41. The molecule has 0 N–H and O–H groups in total. The van der Waals surface area contributed by atoms with E-state index in [0.29, 0.717) is 0 Å². The van der Waals surface area contributed by atoms with E-state index >= 15 is 0 Å². The molecule has 0 amide bonds. The topological polar surface area (TPSA) is 0 Å². The Morgan fingerprint density at radius 1 is 0.326 bits per heavy atom. The van der Waals surface area contributed by atoms with Crippen LogP contribution in [0.25, 0.3) is 77.5 Å². The summed E-state index contributed by atoms with van der Waals surface area (Å²) in [6.45, 7) is 4.70. The molecule has 7 aromatic rings. The fourth-order valence-corrected chi connectivity index (χ4v) is 7.65. The van der Waals surface area contributed by atoms with Gasteiger partial charge in [-0.3, -0.25) is 0 Å². The minimum Gasteiger partial charge on any atom is -0.0622 e. The van der Waals surface area contributed by atoms with Crippen molar-refractivity contribution in [1.29, 1.82) is 0 Å². The molecule has 0 spiro atoms. The van der Waals surface area contributed by atoms with E-state index in [1.807, 2.05) is 0 Å². The Morgan fingerprint density at radius 3 is 1.72 bits per heavy atom. The normalized spacial score (nSPS) is 13.5. The van der Waals surface area contributed by atoms with Crippen LogP contribution in [0.15, 0.2) is 146 Å². The molecule has 43 heavy (non-hydrogen) atoms.